The summed E-state index contributed by atoms with van der Waals surface area (Å²) in [5.41, 5.74) is 1.66. The zero-order valence-electron chi connectivity index (χ0n) is 20.4. The summed E-state index contributed by atoms with van der Waals surface area (Å²) in [6, 6.07) is 15.1. The SMILES string of the molecule is COc1cccc(/C=C2/SC(=O)N(CC(=O)Nc3ccc4c(c3)OCO4)C2=O)c1OCc1ccc(Cl)cc1Cl. The molecule has 2 aliphatic rings. The van der Waals surface area contributed by atoms with Crippen molar-refractivity contribution >= 4 is 63.8 Å². The smallest absolute Gasteiger partial charge is 0.294 e. The molecule has 1 N–H and O–H groups in total. The van der Waals surface area contributed by atoms with Gasteiger partial charge >= 0.3 is 0 Å². The third kappa shape index (κ3) is 5.93. The van der Waals surface area contributed by atoms with Crippen molar-refractivity contribution < 1.29 is 33.3 Å². The number of thioether (sulfide) groups is 1. The summed E-state index contributed by atoms with van der Waals surface area (Å²) in [5, 5.41) is 3.04. The van der Waals surface area contributed by atoms with E-state index >= 15 is 0 Å². The Balaban J connectivity index is 1.31. The summed E-state index contributed by atoms with van der Waals surface area (Å²) >= 11 is 13.0. The molecule has 1 saturated heterocycles. The molecule has 0 radical (unpaired) electrons. The molecule has 2 aliphatic heterocycles. The molecule has 200 valence electrons. The molecule has 9 nitrogen and oxygen atoms in total. The van der Waals surface area contributed by atoms with Crippen molar-refractivity contribution in [2.45, 2.75) is 6.61 Å². The van der Waals surface area contributed by atoms with Gasteiger partial charge in [-0.2, -0.15) is 0 Å². The van der Waals surface area contributed by atoms with Gasteiger partial charge < -0.3 is 24.3 Å². The van der Waals surface area contributed by atoms with Gasteiger partial charge in [0.1, 0.15) is 13.2 Å². The van der Waals surface area contributed by atoms with Gasteiger partial charge in [0.05, 0.1) is 12.0 Å². The maximum Gasteiger partial charge on any atom is 0.294 e. The normalized spacial score (nSPS) is 15.2. The number of ether oxygens (including phenoxy) is 4. The van der Waals surface area contributed by atoms with E-state index < -0.39 is 23.6 Å². The number of para-hydroxylation sites is 1. The number of imide groups is 1. The van der Waals surface area contributed by atoms with Gasteiger partial charge in [0, 0.05) is 32.9 Å². The number of amides is 3. The summed E-state index contributed by atoms with van der Waals surface area (Å²) in [6.45, 7) is -0.240. The molecule has 3 aromatic carbocycles. The van der Waals surface area contributed by atoms with Crippen LogP contribution in [0.2, 0.25) is 10.0 Å². The average molecular weight is 587 g/mol. The first-order valence-electron chi connectivity index (χ1n) is 11.5. The van der Waals surface area contributed by atoms with Crippen LogP contribution >= 0.6 is 35.0 Å². The third-order valence-electron chi connectivity index (χ3n) is 5.73. The fourth-order valence-electron chi connectivity index (χ4n) is 3.85. The van der Waals surface area contributed by atoms with E-state index in [2.05, 4.69) is 5.32 Å². The van der Waals surface area contributed by atoms with Crippen LogP contribution in [0.15, 0.2) is 59.5 Å². The maximum absolute atomic E-state index is 13.1. The number of carbonyl (C=O) groups is 3. The largest absolute Gasteiger partial charge is 0.493 e. The lowest BCUT2D eigenvalue weighted by atomic mass is 10.1. The Kier molecular flexibility index (Phi) is 7.87. The zero-order valence-corrected chi connectivity index (χ0v) is 22.7. The molecule has 1 fully saturated rings. The second-order valence-corrected chi connectivity index (χ2v) is 10.1. The first-order valence-corrected chi connectivity index (χ1v) is 13.1. The highest BCUT2D eigenvalue weighted by molar-refractivity contribution is 8.18. The van der Waals surface area contributed by atoms with Crippen LogP contribution in [0.25, 0.3) is 6.08 Å². The quantitative estimate of drug-likeness (QED) is 0.321. The first kappa shape index (κ1) is 26.7. The minimum Gasteiger partial charge on any atom is -0.493 e. The average Bonchev–Trinajstić information content (AvgIpc) is 3.48. The summed E-state index contributed by atoms with van der Waals surface area (Å²) in [6.07, 6.45) is 1.53. The van der Waals surface area contributed by atoms with Gasteiger partial charge in [0.15, 0.2) is 23.0 Å². The Morgan fingerprint density at radius 2 is 1.92 bits per heavy atom. The van der Waals surface area contributed by atoms with Crippen LogP contribution in [-0.4, -0.2) is 42.4 Å². The van der Waals surface area contributed by atoms with Crippen molar-refractivity contribution in [2.75, 3.05) is 25.8 Å². The van der Waals surface area contributed by atoms with Crippen LogP contribution in [0.1, 0.15) is 11.1 Å². The van der Waals surface area contributed by atoms with Gasteiger partial charge in [0.2, 0.25) is 12.7 Å². The van der Waals surface area contributed by atoms with Crippen LogP contribution in [-0.2, 0) is 16.2 Å². The number of nitrogens with one attached hydrogen (secondary N) is 1. The fraction of sp³-hybridized carbons (Fsp3) is 0.148. The number of nitrogens with zero attached hydrogens (tertiary/aromatic N) is 1. The predicted octanol–water partition coefficient (Wildman–Crippen LogP) is 5.98. The van der Waals surface area contributed by atoms with Gasteiger partial charge in [-0.15, -0.1) is 0 Å². The number of anilines is 1. The number of methoxy groups -OCH3 is 1. The Morgan fingerprint density at radius 1 is 1.10 bits per heavy atom. The van der Waals surface area contributed by atoms with Crippen molar-refractivity contribution in [3.8, 4) is 23.0 Å². The summed E-state index contributed by atoms with van der Waals surface area (Å²) in [7, 11) is 1.49. The number of halogens is 2. The van der Waals surface area contributed by atoms with E-state index in [1.54, 1.807) is 54.6 Å². The minimum absolute atomic E-state index is 0.102. The number of rotatable bonds is 8. The summed E-state index contributed by atoms with van der Waals surface area (Å²) in [5.74, 6) is 0.718. The summed E-state index contributed by atoms with van der Waals surface area (Å²) in [4.78, 5) is 39.4. The van der Waals surface area contributed by atoms with Gasteiger partial charge in [-0.25, -0.2) is 0 Å². The number of hydrogen-bond donors (Lipinski definition) is 1. The molecular weight excluding hydrogens is 567 g/mol. The molecule has 39 heavy (non-hydrogen) atoms. The molecule has 3 amide bonds. The molecule has 12 heteroatoms. The molecule has 0 aromatic heterocycles. The number of carbonyl (C=O) groups excluding carboxylic acids is 3. The van der Waals surface area contributed by atoms with Gasteiger partial charge in [-0.05, 0) is 48.2 Å². The van der Waals surface area contributed by atoms with Gasteiger partial charge in [0.25, 0.3) is 11.1 Å². The first-order chi connectivity index (χ1) is 18.8. The lowest BCUT2D eigenvalue weighted by Crippen LogP contribution is -2.36. The minimum atomic E-state index is -0.597. The highest BCUT2D eigenvalue weighted by Crippen LogP contribution is 2.38. The summed E-state index contributed by atoms with van der Waals surface area (Å²) < 4.78 is 22.0. The molecule has 0 unspecified atom stereocenters. The molecule has 0 bridgehead atoms. The second-order valence-electron chi connectivity index (χ2n) is 8.29. The van der Waals surface area contributed by atoms with E-state index in [1.807, 2.05) is 0 Å². The van der Waals surface area contributed by atoms with Crippen molar-refractivity contribution in [1.29, 1.82) is 0 Å². The maximum atomic E-state index is 13.1. The molecule has 0 spiro atoms. The molecular formula is C27H20Cl2N2O7S. The van der Waals surface area contributed by atoms with E-state index in [1.165, 1.54) is 13.2 Å². The predicted molar refractivity (Wildman–Crippen MR) is 148 cm³/mol. The monoisotopic (exact) mass is 586 g/mol. The van der Waals surface area contributed by atoms with Crippen LogP contribution in [0, 0.1) is 0 Å². The van der Waals surface area contributed by atoms with Crippen molar-refractivity contribution in [2.24, 2.45) is 0 Å². The van der Waals surface area contributed by atoms with Crippen molar-refractivity contribution in [1.82, 2.24) is 4.90 Å². The van der Waals surface area contributed by atoms with E-state index in [9.17, 15) is 14.4 Å². The van der Waals surface area contributed by atoms with Crippen LogP contribution in [0.5, 0.6) is 23.0 Å². The lowest BCUT2D eigenvalue weighted by Gasteiger charge is -2.15. The Hall–Kier alpha value is -3.86. The molecule has 0 atom stereocenters. The van der Waals surface area contributed by atoms with Crippen LogP contribution in [0.4, 0.5) is 10.5 Å². The second kappa shape index (κ2) is 11.5. The Morgan fingerprint density at radius 3 is 2.72 bits per heavy atom. The molecule has 2 heterocycles. The fourth-order valence-corrected chi connectivity index (χ4v) is 5.14. The Labute approximate surface area is 237 Å². The highest BCUT2D eigenvalue weighted by Gasteiger charge is 2.36. The lowest BCUT2D eigenvalue weighted by molar-refractivity contribution is -0.127. The topological polar surface area (TPSA) is 103 Å². The third-order valence-corrected chi connectivity index (χ3v) is 7.23. The van der Waals surface area contributed by atoms with Crippen LogP contribution in [0.3, 0.4) is 0 Å². The van der Waals surface area contributed by atoms with Crippen molar-refractivity contribution in [3.63, 3.8) is 0 Å². The van der Waals surface area contributed by atoms with Crippen molar-refractivity contribution in [3.05, 3.63) is 80.7 Å². The van der Waals surface area contributed by atoms with Gasteiger partial charge in [-0.3, -0.25) is 19.3 Å². The zero-order chi connectivity index (χ0) is 27.5. The molecule has 5 rings (SSSR count). The Bertz CT molecular complexity index is 1510. The number of benzene rings is 3. The van der Waals surface area contributed by atoms with E-state index in [0.29, 0.717) is 49.9 Å². The molecule has 0 aliphatic carbocycles. The number of hydrogen-bond acceptors (Lipinski definition) is 8. The van der Waals surface area contributed by atoms with Gasteiger partial charge in [-0.1, -0.05) is 41.4 Å². The number of fused-ring (bicyclic) bond motifs is 1. The highest BCUT2D eigenvalue weighted by atomic mass is 35.5. The molecule has 0 saturated carbocycles. The van der Waals surface area contributed by atoms with E-state index in [4.69, 9.17) is 42.1 Å². The van der Waals surface area contributed by atoms with E-state index in [0.717, 1.165) is 16.7 Å². The van der Waals surface area contributed by atoms with Crippen LogP contribution < -0.4 is 24.3 Å². The van der Waals surface area contributed by atoms with E-state index in [-0.39, 0.29) is 18.3 Å². The standard InChI is InChI=1S/C27H20Cl2N2O7S/c1-35-21-4-2-3-15(25(21)36-13-16-5-6-17(28)10-19(16)29)9-23-26(33)31(27(34)39-23)12-24(32)30-18-7-8-20-22(11-18)38-14-37-20/h2-11H,12-14H2,1H3,(H,30,32)/b23-9+. The molecule has 3 aromatic rings.